The van der Waals surface area contributed by atoms with Crippen molar-refractivity contribution in [1.29, 1.82) is 0 Å². The van der Waals surface area contributed by atoms with Gasteiger partial charge in [0.05, 0.1) is 5.92 Å². The van der Waals surface area contributed by atoms with Gasteiger partial charge in [0.2, 0.25) is 0 Å². The summed E-state index contributed by atoms with van der Waals surface area (Å²) in [6.45, 7) is 4.46. The van der Waals surface area contributed by atoms with E-state index in [1.54, 1.807) is 12.1 Å². The fourth-order valence-corrected chi connectivity index (χ4v) is 7.08. The van der Waals surface area contributed by atoms with Crippen LogP contribution in [0.4, 0.5) is 0 Å². The summed E-state index contributed by atoms with van der Waals surface area (Å²) in [5.74, 6) is 1.16. The van der Waals surface area contributed by atoms with Gasteiger partial charge in [0.15, 0.2) is 0 Å². The topological polar surface area (TPSA) is 77.8 Å². The molecule has 0 saturated carbocycles. The van der Waals surface area contributed by atoms with Gasteiger partial charge in [0.1, 0.15) is 11.5 Å². The number of unbranched alkanes of at least 4 members (excludes halogenated alkanes) is 7. The first kappa shape index (κ1) is 28.4. The largest absolute Gasteiger partial charge is 0.508 e. The molecule has 3 unspecified atom stereocenters. The third-order valence-corrected chi connectivity index (χ3v) is 9.41. The summed E-state index contributed by atoms with van der Waals surface area (Å²) >= 11 is 1.82. The van der Waals surface area contributed by atoms with Crippen LogP contribution < -0.4 is 0 Å². The molecule has 0 aliphatic carbocycles. The average molecular weight is 513 g/mol. The van der Waals surface area contributed by atoms with Crippen molar-refractivity contribution < 1.29 is 20.1 Å². The van der Waals surface area contributed by atoms with E-state index in [2.05, 4.69) is 32.0 Å². The predicted octanol–water partition coefficient (Wildman–Crippen LogP) is 8.65. The molecule has 5 heteroatoms. The van der Waals surface area contributed by atoms with Crippen LogP contribution in [0.2, 0.25) is 0 Å². The Hall–Kier alpha value is -2.14. The third-order valence-electron chi connectivity index (χ3n) is 8.00. The fraction of sp³-hybridized carbons (Fsp3) is 0.581. The van der Waals surface area contributed by atoms with Gasteiger partial charge in [-0.15, -0.1) is 11.8 Å². The first-order valence-corrected chi connectivity index (χ1v) is 14.8. The van der Waals surface area contributed by atoms with E-state index in [1.165, 1.54) is 48.1 Å². The zero-order valence-electron chi connectivity index (χ0n) is 22.0. The summed E-state index contributed by atoms with van der Waals surface area (Å²) in [7, 11) is 0. The third kappa shape index (κ3) is 7.68. The van der Waals surface area contributed by atoms with Crippen LogP contribution >= 0.6 is 11.8 Å². The number of carbonyl (C=O) groups is 1. The summed E-state index contributed by atoms with van der Waals surface area (Å²) < 4.78 is 0. The van der Waals surface area contributed by atoms with E-state index in [0.29, 0.717) is 17.4 Å². The number of aromatic hydroxyl groups is 2. The Morgan fingerprint density at radius 1 is 0.917 bits per heavy atom. The highest BCUT2D eigenvalue weighted by atomic mass is 32.2. The summed E-state index contributed by atoms with van der Waals surface area (Å²) in [6.07, 6.45) is 13.0. The number of rotatable bonds is 15. The minimum atomic E-state index is -0.624. The standard InChI is InChI=1S/C31H44O4S/c1-3-4-12-23(30(34)35)13-10-8-6-5-7-9-11-14-28-27-20-19-26(33)21-29(27)36-22-31(28,2)24-15-17-25(32)18-16-24/h15-21,23,28,32-33H,3-14,22H2,1-2H3,(H,34,35). The summed E-state index contributed by atoms with van der Waals surface area (Å²) in [4.78, 5) is 12.6. The molecular weight excluding hydrogens is 468 g/mol. The van der Waals surface area contributed by atoms with Crippen molar-refractivity contribution in [3.63, 3.8) is 0 Å². The lowest BCUT2D eigenvalue weighted by Crippen LogP contribution is -2.36. The number of thioether (sulfide) groups is 1. The molecule has 0 amide bonds. The van der Waals surface area contributed by atoms with Gasteiger partial charge in [0, 0.05) is 16.1 Å². The Bertz CT molecular complexity index is 958. The van der Waals surface area contributed by atoms with Gasteiger partial charge < -0.3 is 15.3 Å². The van der Waals surface area contributed by atoms with Crippen LogP contribution in [0.5, 0.6) is 11.5 Å². The molecule has 1 aliphatic heterocycles. The first-order chi connectivity index (χ1) is 17.3. The summed E-state index contributed by atoms with van der Waals surface area (Å²) in [5, 5.41) is 29.2. The molecule has 2 aromatic carbocycles. The lowest BCUT2D eigenvalue weighted by Gasteiger charge is -2.43. The molecule has 3 atom stereocenters. The van der Waals surface area contributed by atoms with Gasteiger partial charge in [0.25, 0.3) is 0 Å². The predicted molar refractivity (Wildman–Crippen MR) is 149 cm³/mol. The van der Waals surface area contributed by atoms with E-state index in [4.69, 9.17) is 0 Å². The van der Waals surface area contributed by atoms with Crippen molar-refractivity contribution in [1.82, 2.24) is 0 Å². The Morgan fingerprint density at radius 3 is 2.19 bits per heavy atom. The molecule has 0 fully saturated rings. The second kappa shape index (κ2) is 14.0. The number of phenols is 2. The molecule has 0 bridgehead atoms. The molecule has 4 nitrogen and oxygen atoms in total. The monoisotopic (exact) mass is 512 g/mol. The molecule has 0 saturated heterocycles. The van der Waals surface area contributed by atoms with Crippen molar-refractivity contribution in [3.8, 4) is 11.5 Å². The van der Waals surface area contributed by atoms with Gasteiger partial charge in [-0.1, -0.05) is 89.8 Å². The van der Waals surface area contributed by atoms with Gasteiger partial charge in [-0.05, 0) is 60.6 Å². The maximum atomic E-state index is 11.4. The van der Waals surface area contributed by atoms with Crippen LogP contribution in [0, 0.1) is 5.92 Å². The van der Waals surface area contributed by atoms with Crippen molar-refractivity contribution in [2.24, 2.45) is 5.92 Å². The highest BCUT2D eigenvalue weighted by molar-refractivity contribution is 7.99. The zero-order chi connectivity index (χ0) is 26.0. The summed E-state index contributed by atoms with van der Waals surface area (Å²) in [5.41, 5.74) is 2.56. The van der Waals surface area contributed by atoms with E-state index in [-0.39, 0.29) is 11.3 Å². The Labute approximate surface area is 221 Å². The summed E-state index contributed by atoms with van der Waals surface area (Å²) in [6, 6.07) is 13.5. The number of fused-ring (bicyclic) bond motifs is 1. The lowest BCUT2D eigenvalue weighted by molar-refractivity contribution is -0.142. The molecule has 1 heterocycles. The SMILES string of the molecule is CCCCC(CCCCCCCCCC1c2ccc(O)cc2SCC1(C)c1ccc(O)cc1)C(=O)O. The molecule has 3 N–H and O–H groups in total. The number of carboxylic acid groups (broad SMARTS) is 1. The van der Waals surface area contributed by atoms with Crippen molar-refractivity contribution >= 4 is 17.7 Å². The quantitative estimate of drug-likeness (QED) is 0.208. The molecule has 36 heavy (non-hydrogen) atoms. The van der Waals surface area contributed by atoms with Gasteiger partial charge in [-0.3, -0.25) is 4.79 Å². The van der Waals surface area contributed by atoms with Gasteiger partial charge >= 0.3 is 5.97 Å². The smallest absolute Gasteiger partial charge is 0.306 e. The van der Waals surface area contributed by atoms with E-state index < -0.39 is 5.97 Å². The molecule has 2 aromatic rings. The van der Waals surface area contributed by atoms with Crippen molar-refractivity contribution in [2.75, 3.05) is 5.75 Å². The number of phenolic OH excluding ortho intramolecular Hbond substituents is 2. The average Bonchev–Trinajstić information content (AvgIpc) is 2.86. The van der Waals surface area contributed by atoms with Gasteiger partial charge in [-0.25, -0.2) is 0 Å². The molecular formula is C31H44O4S. The number of hydrogen-bond acceptors (Lipinski definition) is 4. The second-order valence-corrected chi connectivity index (χ2v) is 11.8. The molecule has 198 valence electrons. The normalized spacial score (nSPS) is 20.1. The fourth-order valence-electron chi connectivity index (χ4n) is 5.67. The maximum Gasteiger partial charge on any atom is 0.306 e. The Morgan fingerprint density at radius 2 is 1.53 bits per heavy atom. The van der Waals surface area contributed by atoms with E-state index in [1.807, 2.05) is 23.9 Å². The van der Waals surface area contributed by atoms with E-state index in [0.717, 1.165) is 50.7 Å². The molecule has 0 radical (unpaired) electrons. The highest BCUT2D eigenvalue weighted by Gasteiger charge is 2.41. The van der Waals surface area contributed by atoms with E-state index >= 15 is 0 Å². The highest BCUT2D eigenvalue weighted by Crippen LogP contribution is 2.52. The van der Waals surface area contributed by atoms with Gasteiger partial charge in [-0.2, -0.15) is 0 Å². The number of carboxylic acids is 1. The van der Waals surface area contributed by atoms with Crippen LogP contribution in [-0.2, 0) is 10.2 Å². The molecule has 3 rings (SSSR count). The van der Waals surface area contributed by atoms with Crippen molar-refractivity contribution in [2.45, 2.75) is 107 Å². The number of aliphatic carboxylic acids is 1. The minimum Gasteiger partial charge on any atom is -0.508 e. The number of benzene rings is 2. The van der Waals surface area contributed by atoms with Crippen LogP contribution in [0.1, 0.15) is 108 Å². The maximum absolute atomic E-state index is 11.4. The van der Waals surface area contributed by atoms with Crippen LogP contribution in [0.3, 0.4) is 0 Å². The Balaban J connectivity index is 1.48. The van der Waals surface area contributed by atoms with Crippen LogP contribution in [-0.4, -0.2) is 27.0 Å². The molecule has 1 aliphatic rings. The van der Waals surface area contributed by atoms with Crippen LogP contribution in [0.25, 0.3) is 0 Å². The van der Waals surface area contributed by atoms with Crippen molar-refractivity contribution in [3.05, 3.63) is 53.6 Å². The Kier molecular flexibility index (Phi) is 11.0. The van der Waals surface area contributed by atoms with E-state index in [9.17, 15) is 20.1 Å². The number of hydrogen-bond donors (Lipinski definition) is 3. The van der Waals surface area contributed by atoms with Crippen LogP contribution in [0.15, 0.2) is 47.4 Å². The second-order valence-electron chi connectivity index (χ2n) is 10.8. The zero-order valence-corrected chi connectivity index (χ0v) is 22.9. The lowest BCUT2D eigenvalue weighted by atomic mass is 9.68. The minimum absolute atomic E-state index is 0.0270. The first-order valence-electron chi connectivity index (χ1n) is 13.8. The molecule has 0 spiro atoms. The molecule has 0 aromatic heterocycles.